The largest absolute Gasteiger partial charge is 0.393 e. The van der Waals surface area contributed by atoms with Crippen molar-refractivity contribution in [2.24, 2.45) is 34.5 Å². The third-order valence-electron chi connectivity index (χ3n) is 9.09. The molecule has 0 radical (unpaired) electrons. The summed E-state index contributed by atoms with van der Waals surface area (Å²) in [6, 6.07) is 0. The van der Waals surface area contributed by atoms with Gasteiger partial charge in [-0.25, -0.2) is 0 Å². The van der Waals surface area contributed by atoms with Gasteiger partial charge in [-0.15, -0.1) is 0 Å². The lowest BCUT2D eigenvalue weighted by Crippen LogP contribution is -2.52. The summed E-state index contributed by atoms with van der Waals surface area (Å²) in [7, 11) is 0. The summed E-state index contributed by atoms with van der Waals surface area (Å²) >= 11 is 0. The van der Waals surface area contributed by atoms with Gasteiger partial charge in [0.25, 0.3) is 0 Å². The first kappa shape index (κ1) is 20.4. The predicted octanol–water partition coefficient (Wildman–Crippen LogP) is 3.81. The predicted molar refractivity (Wildman–Crippen MR) is 111 cm³/mol. The van der Waals surface area contributed by atoms with Crippen molar-refractivity contribution < 1.29 is 15.0 Å². The molecule has 4 rings (SSSR count). The summed E-state index contributed by atoms with van der Waals surface area (Å²) in [5, 5.41) is 23.2. The van der Waals surface area contributed by atoms with Crippen molar-refractivity contribution in [3.8, 4) is 0 Å². The quantitative estimate of drug-likeness (QED) is 0.643. The molecular formula is C24H39NO3. The van der Waals surface area contributed by atoms with E-state index < -0.39 is 5.60 Å². The summed E-state index contributed by atoms with van der Waals surface area (Å²) in [6.45, 7) is 8.62. The Kier molecular flexibility index (Phi) is 4.98. The van der Waals surface area contributed by atoms with Gasteiger partial charge in [0.15, 0.2) is 0 Å². The van der Waals surface area contributed by atoms with Crippen LogP contribution in [-0.4, -0.2) is 34.4 Å². The number of amides is 1. The Morgan fingerprint density at radius 1 is 1.18 bits per heavy atom. The molecule has 4 heteroatoms. The van der Waals surface area contributed by atoms with Crippen LogP contribution in [0.4, 0.5) is 0 Å². The number of aliphatic hydroxyl groups excluding tert-OH is 1. The molecule has 0 spiro atoms. The van der Waals surface area contributed by atoms with Gasteiger partial charge in [-0.3, -0.25) is 4.79 Å². The van der Waals surface area contributed by atoms with E-state index in [-0.39, 0.29) is 28.8 Å². The molecule has 1 amide bonds. The second-order valence-corrected chi connectivity index (χ2v) is 11.4. The van der Waals surface area contributed by atoms with E-state index in [0.29, 0.717) is 24.3 Å². The molecule has 7 atom stereocenters. The fourth-order valence-electron chi connectivity index (χ4n) is 7.50. The molecule has 0 bridgehead atoms. The van der Waals surface area contributed by atoms with Gasteiger partial charge in [-0.2, -0.15) is 0 Å². The molecule has 158 valence electrons. The van der Waals surface area contributed by atoms with E-state index in [4.69, 9.17) is 0 Å². The number of carbonyl (C=O) groups is 1. The van der Waals surface area contributed by atoms with Crippen molar-refractivity contribution in [3.63, 3.8) is 0 Å². The van der Waals surface area contributed by atoms with Crippen molar-refractivity contribution in [3.05, 3.63) is 11.6 Å². The van der Waals surface area contributed by atoms with E-state index in [1.165, 1.54) is 12.0 Å². The highest BCUT2D eigenvalue weighted by atomic mass is 16.3. The summed E-state index contributed by atoms with van der Waals surface area (Å²) in [5.74, 6) is 2.22. The smallest absolute Gasteiger partial charge is 0.223 e. The molecule has 0 unspecified atom stereocenters. The van der Waals surface area contributed by atoms with E-state index in [0.717, 1.165) is 44.9 Å². The Balaban J connectivity index is 1.53. The number of hydrogen-bond donors (Lipinski definition) is 3. The van der Waals surface area contributed by atoms with E-state index in [2.05, 4.69) is 25.2 Å². The lowest BCUT2D eigenvalue weighted by Gasteiger charge is -2.57. The molecular weight excluding hydrogens is 350 g/mol. The maximum absolute atomic E-state index is 13.0. The van der Waals surface area contributed by atoms with Crippen LogP contribution in [0.25, 0.3) is 0 Å². The molecule has 4 nitrogen and oxygen atoms in total. The topological polar surface area (TPSA) is 69.6 Å². The zero-order valence-corrected chi connectivity index (χ0v) is 18.1. The minimum Gasteiger partial charge on any atom is -0.393 e. The van der Waals surface area contributed by atoms with Gasteiger partial charge in [0.2, 0.25) is 5.91 Å². The van der Waals surface area contributed by atoms with Crippen molar-refractivity contribution >= 4 is 5.91 Å². The van der Waals surface area contributed by atoms with Crippen LogP contribution < -0.4 is 5.32 Å². The Labute approximate surface area is 170 Å². The third kappa shape index (κ3) is 3.25. The average molecular weight is 390 g/mol. The first-order valence-electron chi connectivity index (χ1n) is 11.4. The Morgan fingerprint density at radius 3 is 2.64 bits per heavy atom. The number of rotatable bonds is 3. The van der Waals surface area contributed by atoms with Gasteiger partial charge < -0.3 is 15.5 Å². The second-order valence-electron chi connectivity index (χ2n) is 11.4. The highest BCUT2D eigenvalue weighted by Gasteiger charge is 2.59. The van der Waals surface area contributed by atoms with Crippen LogP contribution in [0, 0.1) is 34.5 Å². The van der Waals surface area contributed by atoms with Gasteiger partial charge in [0.05, 0.1) is 11.7 Å². The van der Waals surface area contributed by atoms with Gasteiger partial charge in [-0.1, -0.05) is 25.5 Å². The summed E-state index contributed by atoms with van der Waals surface area (Å²) < 4.78 is 0. The highest BCUT2D eigenvalue weighted by Crippen LogP contribution is 2.66. The number of allylic oxidation sites excluding steroid dienone is 1. The third-order valence-corrected chi connectivity index (χ3v) is 9.09. The van der Waals surface area contributed by atoms with Crippen LogP contribution >= 0.6 is 0 Å². The molecule has 3 fully saturated rings. The van der Waals surface area contributed by atoms with E-state index in [1.54, 1.807) is 13.8 Å². The van der Waals surface area contributed by atoms with Crippen LogP contribution in [0.3, 0.4) is 0 Å². The lowest BCUT2D eigenvalue weighted by atomic mass is 9.47. The minimum absolute atomic E-state index is 0.0761. The molecule has 4 aliphatic rings. The molecule has 0 saturated heterocycles. The Hall–Kier alpha value is -0.870. The maximum atomic E-state index is 13.0. The first-order valence-corrected chi connectivity index (χ1v) is 11.4. The molecule has 0 aromatic heterocycles. The number of carbonyl (C=O) groups excluding carboxylic acids is 1. The highest BCUT2D eigenvalue weighted by molar-refractivity contribution is 5.80. The van der Waals surface area contributed by atoms with Crippen LogP contribution in [0.15, 0.2) is 11.6 Å². The van der Waals surface area contributed by atoms with Crippen molar-refractivity contribution in [1.29, 1.82) is 0 Å². The van der Waals surface area contributed by atoms with Crippen LogP contribution in [-0.2, 0) is 4.79 Å². The van der Waals surface area contributed by atoms with Gasteiger partial charge in [0.1, 0.15) is 0 Å². The molecule has 4 aliphatic carbocycles. The SMILES string of the molecule is CC(C)(O)CNC(=O)[C@H]1CC[C@H]2[C@@H]3CC=C4C[C@@H](O)CC[C@]4(C)[C@H]3CC[C@]12C. The molecule has 0 aromatic rings. The number of nitrogens with one attached hydrogen (secondary N) is 1. The van der Waals surface area contributed by atoms with Crippen molar-refractivity contribution in [1.82, 2.24) is 5.32 Å². The lowest BCUT2D eigenvalue weighted by molar-refractivity contribution is -0.132. The van der Waals surface area contributed by atoms with Gasteiger partial charge in [-0.05, 0) is 93.8 Å². The normalized spacial score (nSPS) is 45.5. The zero-order chi connectivity index (χ0) is 20.3. The zero-order valence-electron chi connectivity index (χ0n) is 18.1. The first-order chi connectivity index (χ1) is 13.0. The van der Waals surface area contributed by atoms with E-state index in [9.17, 15) is 15.0 Å². The molecule has 0 aliphatic heterocycles. The van der Waals surface area contributed by atoms with Crippen LogP contribution in [0.5, 0.6) is 0 Å². The number of aliphatic hydroxyl groups is 2. The average Bonchev–Trinajstić information content (AvgIpc) is 2.97. The Bertz CT molecular complexity index is 665. The fraction of sp³-hybridized carbons (Fsp3) is 0.875. The van der Waals surface area contributed by atoms with Gasteiger partial charge >= 0.3 is 0 Å². The van der Waals surface area contributed by atoms with Crippen molar-refractivity contribution in [2.45, 2.75) is 90.8 Å². The monoisotopic (exact) mass is 389 g/mol. The molecule has 3 N–H and O–H groups in total. The standard InChI is InChI=1S/C24H39NO3/c1-22(2,28)14-25-21(27)20-8-7-18-17-6-5-15-13-16(26)9-11-23(15,3)19(17)10-12-24(18,20)4/h5,16-20,26,28H,6-14H2,1-4H3,(H,25,27)/t16-,17-,18-,19-,20+,23-,24-/m0/s1. The minimum atomic E-state index is -0.864. The molecule has 0 heterocycles. The van der Waals surface area contributed by atoms with E-state index in [1.807, 2.05) is 0 Å². The summed E-state index contributed by atoms with van der Waals surface area (Å²) in [6.07, 6.45) is 10.8. The summed E-state index contributed by atoms with van der Waals surface area (Å²) in [4.78, 5) is 13.0. The van der Waals surface area contributed by atoms with Crippen molar-refractivity contribution in [2.75, 3.05) is 6.54 Å². The maximum Gasteiger partial charge on any atom is 0.223 e. The second kappa shape index (κ2) is 6.84. The van der Waals surface area contributed by atoms with Gasteiger partial charge in [0, 0.05) is 12.5 Å². The molecule has 3 saturated carbocycles. The summed E-state index contributed by atoms with van der Waals surface area (Å²) in [5.41, 5.74) is 0.983. The fourth-order valence-corrected chi connectivity index (χ4v) is 7.50. The molecule has 28 heavy (non-hydrogen) atoms. The Morgan fingerprint density at radius 2 is 1.93 bits per heavy atom. The number of fused-ring (bicyclic) bond motifs is 5. The van der Waals surface area contributed by atoms with Crippen LogP contribution in [0.2, 0.25) is 0 Å². The molecule has 0 aromatic carbocycles. The van der Waals surface area contributed by atoms with Crippen LogP contribution in [0.1, 0.15) is 79.1 Å². The van der Waals surface area contributed by atoms with E-state index >= 15 is 0 Å². The number of hydrogen-bond acceptors (Lipinski definition) is 3.